The summed E-state index contributed by atoms with van der Waals surface area (Å²) < 4.78 is 7.49. The molecule has 0 saturated carbocycles. The van der Waals surface area contributed by atoms with Crippen LogP contribution in [0, 0.1) is 0 Å². The Balaban J connectivity index is 1.85. The van der Waals surface area contributed by atoms with E-state index in [2.05, 4.69) is 12.0 Å². The Hall–Kier alpha value is -2.59. The molecule has 0 aliphatic rings. The van der Waals surface area contributed by atoms with Gasteiger partial charge in [-0.1, -0.05) is 31.5 Å². The predicted octanol–water partition coefficient (Wildman–Crippen LogP) is 4.21. The third-order valence-electron chi connectivity index (χ3n) is 3.88. The lowest BCUT2D eigenvalue weighted by Crippen LogP contribution is -1.96. The van der Waals surface area contributed by atoms with Gasteiger partial charge < -0.3 is 9.84 Å². The van der Waals surface area contributed by atoms with E-state index in [-0.39, 0.29) is 6.61 Å². The fourth-order valence-electron chi connectivity index (χ4n) is 2.52. The Labute approximate surface area is 142 Å². The maximum atomic E-state index is 9.66. The van der Waals surface area contributed by atoms with Crippen molar-refractivity contribution in [3.05, 3.63) is 66.4 Å². The first-order valence-electron chi connectivity index (χ1n) is 8.30. The van der Waals surface area contributed by atoms with Crippen LogP contribution in [0.5, 0.6) is 5.75 Å². The third kappa shape index (κ3) is 3.66. The number of unbranched alkanes of at least 4 members (excludes halogenated alkanes) is 1. The summed E-state index contributed by atoms with van der Waals surface area (Å²) in [4.78, 5) is 0. The molecule has 4 nitrogen and oxygen atoms in total. The van der Waals surface area contributed by atoms with Crippen molar-refractivity contribution in [2.75, 3.05) is 6.61 Å². The normalized spacial score (nSPS) is 10.8. The Kier molecular flexibility index (Phi) is 5.29. The van der Waals surface area contributed by atoms with Gasteiger partial charge >= 0.3 is 0 Å². The van der Waals surface area contributed by atoms with Crippen LogP contribution in [0.3, 0.4) is 0 Å². The summed E-state index contributed by atoms with van der Waals surface area (Å²) in [6, 6.07) is 17.8. The molecule has 0 aliphatic carbocycles. The molecule has 1 heterocycles. The second-order valence-corrected chi connectivity index (χ2v) is 5.67. The molecule has 0 atom stereocenters. The number of aromatic nitrogens is 2. The summed E-state index contributed by atoms with van der Waals surface area (Å²) in [5.41, 5.74) is 3.54. The molecule has 2 aromatic carbocycles. The van der Waals surface area contributed by atoms with Gasteiger partial charge in [-0.05, 0) is 42.8 Å². The van der Waals surface area contributed by atoms with Gasteiger partial charge in [-0.25, -0.2) is 4.68 Å². The van der Waals surface area contributed by atoms with Gasteiger partial charge in [-0.2, -0.15) is 5.10 Å². The number of ether oxygens (including phenoxy) is 1. The number of hydrogen-bond acceptors (Lipinski definition) is 3. The van der Waals surface area contributed by atoms with Gasteiger partial charge in [0.1, 0.15) is 5.75 Å². The SMILES string of the molecule is CCCCOc1ccc(-c2nn(-c3ccccc3)cc2CO)cc1. The van der Waals surface area contributed by atoms with Crippen molar-refractivity contribution in [1.82, 2.24) is 9.78 Å². The van der Waals surface area contributed by atoms with Gasteiger partial charge in [0, 0.05) is 17.3 Å². The average Bonchev–Trinajstić information content (AvgIpc) is 3.08. The van der Waals surface area contributed by atoms with Crippen LogP contribution in [0.4, 0.5) is 0 Å². The van der Waals surface area contributed by atoms with Crippen molar-refractivity contribution in [2.45, 2.75) is 26.4 Å². The molecular formula is C20H22N2O2. The summed E-state index contributed by atoms with van der Waals surface area (Å²) >= 11 is 0. The van der Waals surface area contributed by atoms with Gasteiger partial charge in [0.25, 0.3) is 0 Å². The summed E-state index contributed by atoms with van der Waals surface area (Å²) in [6.07, 6.45) is 4.04. The van der Waals surface area contributed by atoms with E-state index in [9.17, 15) is 5.11 Å². The molecule has 0 aliphatic heterocycles. The number of nitrogens with zero attached hydrogens (tertiary/aromatic N) is 2. The molecule has 3 rings (SSSR count). The quantitative estimate of drug-likeness (QED) is 0.663. The Morgan fingerprint density at radius 1 is 1.04 bits per heavy atom. The van der Waals surface area contributed by atoms with Gasteiger partial charge in [0.05, 0.1) is 24.6 Å². The number of para-hydroxylation sites is 1. The number of rotatable bonds is 7. The lowest BCUT2D eigenvalue weighted by Gasteiger charge is -2.06. The molecule has 24 heavy (non-hydrogen) atoms. The summed E-state index contributed by atoms with van der Waals surface area (Å²) in [5.74, 6) is 0.861. The van der Waals surface area contributed by atoms with E-state index < -0.39 is 0 Å². The zero-order chi connectivity index (χ0) is 16.8. The molecule has 0 fully saturated rings. The van der Waals surface area contributed by atoms with Crippen molar-refractivity contribution in [2.24, 2.45) is 0 Å². The highest BCUT2D eigenvalue weighted by molar-refractivity contribution is 5.64. The fraction of sp³-hybridized carbons (Fsp3) is 0.250. The van der Waals surface area contributed by atoms with E-state index in [0.29, 0.717) is 0 Å². The maximum absolute atomic E-state index is 9.66. The number of aliphatic hydroxyl groups excluding tert-OH is 1. The summed E-state index contributed by atoms with van der Waals surface area (Å²) in [5, 5.41) is 14.3. The Morgan fingerprint density at radius 2 is 1.79 bits per heavy atom. The van der Waals surface area contributed by atoms with Crippen molar-refractivity contribution in [3.8, 4) is 22.7 Å². The first-order valence-corrected chi connectivity index (χ1v) is 8.30. The highest BCUT2D eigenvalue weighted by Crippen LogP contribution is 2.26. The van der Waals surface area contributed by atoms with E-state index >= 15 is 0 Å². The third-order valence-corrected chi connectivity index (χ3v) is 3.88. The van der Waals surface area contributed by atoms with Crippen LogP contribution in [-0.2, 0) is 6.61 Å². The molecule has 0 bridgehead atoms. The molecule has 4 heteroatoms. The van der Waals surface area contributed by atoms with E-state index in [4.69, 9.17) is 4.74 Å². The molecule has 0 radical (unpaired) electrons. The van der Waals surface area contributed by atoms with Gasteiger partial charge in [0.2, 0.25) is 0 Å². The number of aliphatic hydroxyl groups is 1. The standard InChI is InChI=1S/C20H22N2O2/c1-2-3-13-24-19-11-9-16(10-12-19)20-17(15-23)14-22(21-20)18-7-5-4-6-8-18/h4-12,14,23H,2-3,13,15H2,1H3. The lowest BCUT2D eigenvalue weighted by molar-refractivity contribution is 0.282. The molecule has 1 aromatic heterocycles. The Bertz CT molecular complexity index is 764. The predicted molar refractivity (Wildman–Crippen MR) is 95.3 cm³/mol. The smallest absolute Gasteiger partial charge is 0.119 e. The first kappa shape index (κ1) is 16.3. The zero-order valence-electron chi connectivity index (χ0n) is 13.9. The molecule has 0 spiro atoms. The van der Waals surface area contributed by atoms with E-state index in [1.54, 1.807) is 4.68 Å². The second-order valence-electron chi connectivity index (χ2n) is 5.67. The van der Waals surface area contributed by atoms with Crippen LogP contribution in [-0.4, -0.2) is 21.5 Å². The lowest BCUT2D eigenvalue weighted by atomic mass is 10.1. The van der Waals surface area contributed by atoms with Crippen LogP contribution in [0.2, 0.25) is 0 Å². The van der Waals surface area contributed by atoms with Crippen LogP contribution >= 0.6 is 0 Å². The van der Waals surface area contributed by atoms with Gasteiger partial charge in [0.15, 0.2) is 0 Å². The number of hydrogen-bond donors (Lipinski definition) is 1. The molecular weight excluding hydrogens is 300 g/mol. The molecule has 124 valence electrons. The molecule has 0 unspecified atom stereocenters. The van der Waals surface area contributed by atoms with Crippen molar-refractivity contribution in [1.29, 1.82) is 0 Å². The van der Waals surface area contributed by atoms with E-state index in [0.717, 1.165) is 47.7 Å². The highest BCUT2D eigenvalue weighted by atomic mass is 16.5. The molecule has 1 N–H and O–H groups in total. The van der Waals surface area contributed by atoms with Gasteiger partial charge in [-0.15, -0.1) is 0 Å². The monoisotopic (exact) mass is 322 g/mol. The Morgan fingerprint density at radius 3 is 2.46 bits per heavy atom. The van der Waals surface area contributed by atoms with Crippen LogP contribution < -0.4 is 4.74 Å². The average molecular weight is 322 g/mol. The minimum atomic E-state index is -0.0447. The highest BCUT2D eigenvalue weighted by Gasteiger charge is 2.11. The van der Waals surface area contributed by atoms with Crippen molar-refractivity contribution < 1.29 is 9.84 Å². The topological polar surface area (TPSA) is 47.3 Å². The fourth-order valence-corrected chi connectivity index (χ4v) is 2.52. The van der Waals surface area contributed by atoms with Crippen LogP contribution in [0.25, 0.3) is 16.9 Å². The number of benzene rings is 2. The minimum Gasteiger partial charge on any atom is -0.494 e. The van der Waals surface area contributed by atoms with Crippen LogP contribution in [0.15, 0.2) is 60.8 Å². The summed E-state index contributed by atoms with van der Waals surface area (Å²) in [6.45, 7) is 2.84. The molecule has 0 saturated heterocycles. The van der Waals surface area contributed by atoms with Crippen LogP contribution in [0.1, 0.15) is 25.3 Å². The molecule has 0 amide bonds. The van der Waals surface area contributed by atoms with Gasteiger partial charge in [-0.3, -0.25) is 0 Å². The zero-order valence-corrected chi connectivity index (χ0v) is 13.9. The maximum Gasteiger partial charge on any atom is 0.119 e. The van der Waals surface area contributed by atoms with E-state index in [1.165, 1.54) is 0 Å². The minimum absolute atomic E-state index is 0.0447. The van der Waals surface area contributed by atoms with Crippen molar-refractivity contribution >= 4 is 0 Å². The first-order chi connectivity index (χ1) is 11.8. The molecule has 3 aromatic rings. The second kappa shape index (κ2) is 7.79. The summed E-state index contributed by atoms with van der Waals surface area (Å²) in [7, 11) is 0. The largest absolute Gasteiger partial charge is 0.494 e. The van der Waals surface area contributed by atoms with Crippen molar-refractivity contribution in [3.63, 3.8) is 0 Å². The van der Waals surface area contributed by atoms with E-state index in [1.807, 2.05) is 60.8 Å².